The zero-order valence-electron chi connectivity index (χ0n) is 11.9. The molecule has 0 aliphatic heterocycles. The van der Waals surface area contributed by atoms with Crippen molar-refractivity contribution in [3.05, 3.63) is 28.8 Å². The largest absolute Gasteiger partial charge is 0.478 e. The van der Waals surface area contributed by atoms with Crippen LogP contribution in [0.2, 0.25) is 5.02 Å². The van der Waals surface area contributed by atoms with E-state index in [1.807, 2.05) is 0 Å². The minimum atomic E-state index is -1.05. The highest BCUT2D eigenvalue weighted by molar-refractivity contribution is 6.33. The van der Waals surface area contributed by atoms with Crippen LogP contribution in [0.3, 0.4) is 0 Å². The molecule has 0 unspecified atom stereocenters. The van der Waals surface area contributed by atoms with Gasteiger partial charge in [0.25, 0.3) is 0 Å². The van der Waals surface area contributed by atoms with Crippen molar-refractivity contribution in [2.75, 3.05) is 18.9 Å². The summed E-state index contributed by atoms with van der Waals surface area (Å²) in [6.45, 7) is 0.710. The van der Waals surface area contributed by atoms with Crippen LogP contribution in [0, 0.1) is 5.92 Å². The Balaban J connectivity index is 2.01. The van der Waals surface area contributed by atoms with Crippen LogP contribution in [-0.4, -0.2) is 35.6 Å². The second-order valence-corrected chi connectivity index (χ2v) is 5.87. The fourth-order valence-electron chi connectivity index (χ4n) is 2.63. The number of amides is 2. The lowest BCUT2D eigenvalue weighted by atomic mass is 10.1. The average molecular weight is 311 g/mol. The third-order valence-corrected chi connectivity index (χ3v) is 4.14. The molecule has 2 amide bonds. The highest BCUT2D eigenvalue weighted by Crippen LogP contribution is 2.26. The maximum Gasteiger partial charge on any atom is 0.335 e. The van der Waals surface area contributed by atoms with Crippen molar-refractivity contribution >= 4 is 29.3 Å². The zero-order valence-corrected chi connectivity index (χ0v) is 12.7. The molecule has 21 heavy (non-hydrogen) atoms. The maximum atomic E-state index is 12.1. The topological polar surface area (TPSA) is 69.6 Å². The van der Waals surface area contributed by atoms with Crippen LogP contribution in [0.4, 0.5) is 10.5 Å². The number of hydrogen-bond donors (Lipinski definition) is 2. The summed E-state index contributed by atoms with van der Waals surface area (Å²) in [5.41, 5.74) is 0.410. The van der Waals surface area contributed by atoms with E-state index in [1.54, 1.807) is 11.9 Å². The van der Waals surface area contributed by atoms with Gasteiger partial charge in [0.05, 0.1) is 16.3 Å². The summed E-state index contributed by atoms with van der Waals surface area (Å²) in [5.74, 6) is -0.497. The second-order valence-electron chi connectivity index (χ2n) is 5.46. The van der Waals surface area contributed by atoms with Crippen molar-refractivity contribution in [1.29, 1.82) is 0 Å². The lowest BCUT2D eigenvalue weighted by Crippen LogP contribution is -2.34. The van der Waals surface area contributed by atoms with E-state index in [2.05, 4.69) is 5.32 Å². The monoisotopic (exact) mass is 310 g/mol. The van der Waals surface area contributed by atoms with Gasteiger partial charge in [-0.15, -0.1) is 0 Å². The molecular weight excluding hydrogens is 292 g/mol. The fourth-order valence-corrected chi connectivity index (χ4v) is 2.79. The Hall–Kier alpha value is -1.75. The van der Waals surface area contributed by atoms with Crippen LogP contribution in [0.15, 0.2) is 18.2 Å². The number of hydrogen-bond acceptors (Lipinski definition) is 2. The maximum absolute atomic E-state index is 12.1. The van der Waals surface area contributed by atoms with Crippen molar-refractivity contribution in [2.45, 2.75) is 25.7 Å². The molecule has 0 saturated heterocycles. The van der Waals surface area contributed by atoms with Gasteiger partial charge in [0.15, 0.2) is 0 Å². The lowest BCUT2D eigenvalue weighted by Gasteiger charge is -2.22. The predicted octanol–water partition coefficient (Wildman–Crippen LogP) is 3.69. The van der Waals surface area contributed by atoms with Gasteiger partial charge in [0.1, 0.15) is 0 Å². The van der Waals surface area contributed by atoms with E-state index >= 15 is 0 Å². The molecule has 0 atom stereocenters. The van der Waals surface area contributed by atoms with E-state index < -0.39 is 5.97 Å². The number of anilines is 1. The Morgan fingerprint density at radius 3 is 2.67 bits per heavy atom. The van der Waals surface area contributed by atoms with Gasteiger partial charge in [0, 0.05) is 13.6 Å². The number of halogens is 1. The molecule has 6 heteroatoms. The quantitative estimate of drug-likeness (QED) is 0.891. The van der Waals surface area contributed by atoms with Crippen molar-refractivity contribution < 1.29 is 14.7 Å². The molecule has 1 aliphatic carbocycles. The molecule has 1 aromatic carbocycles. The highest BCUT2D eigenvalue weighted by atomic mass is 35.5. The number of nitrogens with one attached hydrogen (secondary N) is 1. The Morgan fingerprint density at radius 2 is 2.05 bits per heavy atom. The first kappa shape index (κ1) is 15.6. The first-order valence-electron chi connectivity index (χ1n) is 7.02. The molecular formula is C15H19ClN2O3. The summed E-state index contributed by atoms with van der Waals surface area (Å²) in [6.07, 6.45) is 4.78. The minimum absolute atomic E-state index is 0.0909. The van der Waals surface area contributed by atoms with Crippen molar-refractivity contribution in [3.8, 4) is 0 Å². The van der Waals surface area contributed by atoms with E-state index in [4.69, 9.17) is 16.7 Å². The van der Waals surface area contributed by atoms with Crippen LogP contribution < -0.4 is 5.32 Å². The van der Waals surface area contributed by atoms with Crippen molar-refractivity contribution in [1.82, 2.24) is 4.90 Å². The number of carboxylic acids is 1. The molecule has 0 radical (unpaired) electrons. The third-order valence-electron chi connectivity index (χ3n) is 3.81. The Kier molecular flexibility index (Phi) is 5.07. The van der Waals surface area contributed by atoms with Crippen LogP contribution in [0.1, 0.15) is 36.0 Å². The van der Waals surface area contributed by atoms with E-state index in [1.165, 1.54) is 31.0 Å². The van der Waals surface area contributed by atoms with Gasteiger partial charge in [-0.3, -0.25) is 0 Å². The number of urea groups is 1. The molecule has 2 N–H and O–H groups in total. The van der Waals surface area contributed by atoms with E-state index in [-0.39, 0.29) is 11.6 Å². The number of carbonyl (C=O) groups excluding carboxylic acids is 1. The Morgan fingerprint density at radius 1 is 1.38 bits per heavy atom. The highest BCUT2D eigenvalue weighted by Gasteiger charge is 2.20. The van der Waals surface area contributed by atoms with Gasteiger partial charge in [-0.25, -0.2) is 9.59 Å². The van der Waals surface area contributed by atoms with Crippen LogP contribution >= 0.6 is 11.6 Å². The molecule has 1 aliphatic rings. The number of carbonyl (C=O) groups is 2. The van der Waals surface area contributed by atoms with Crippen molar-refractivity contribution in [3.63, 3.8) is 0 Å². The first-order valence-corrected chi connectivity index (χ1v) is 7.40. The molecule has 114 valence electrons. The Labute approximate surface area is 128 Å². The number of carboxylic acid groups (broad SMARTS) is 1. The van der Waals surface area contributed by atoms with E-state index in [9.17, 15) is 9.59 Å². The minimum Gasteiger partial charge on any atom is -0.478 e. The lowest BCUT2D eigenvalue weighted by molar-refractivity contribution is 0.0697. The van der Waals surface area contributed by atoms with Gasteiger partial charge in [-0.05, 0) is 37.0 Å². The summed E-state index contributed by atoms with van der Waals surface area (Å²) in [5, 5.41) is 12.0. The van der Waals surface area contributed by atoms with Crippen LogP contribution in [0.5, 0.6) is 0 Å². The van der Waals surface area contributed by atoms with Crippen LogP contribution in [0.25, 0.3) is 0 Å². The first-order chi connectivity index (χ1) is 9.97. The third kappa shape index (κ3) is 4.11. The van der Waals surface area contributed by atoms with E-state index in [0.29, 0.717) is 23.2 Å². The summed E-state index contributed by atoms with van der Waals surface area (Å²) in [7, 11) is 1.74. The van der Waals surface area contributed by atoms with Gasteiger partial charge in [0.2, 0.25) is 0 Å². The van der Waals surface area contributed by atoms with Crippen molar-refractivity contribution in [2.24, 2.45) is 5.92 Å². The Bertz CT molecular complexity index is 542. The van der Waals surface area contributed by atoms with Gasteiger partial charge in [-0.2, -0.15) is 0 Å². The molecule has 1 aromatic rings. The number of nitrogens with zero attached hydrogens (tertiary/aromatic N) is 1. The fraction of sp³-hybridized carbons (Fsp3) is 0.467. The number of rotatable bonds is 4. The molecule has 0 aromatic heterocycles. The molecule has 0 bridgehead atoms. The standard InChI is InChI=1S/C15H19ClN2O3/c1-18(9-10-4-2-3-5-10)15(21)17-13-8-11(14(19)20)6-7-12(13)16/h6-8,10H,2-5,9H2,1H3,(H,17,21)(H,19,20). The van der Waals surface area contributed by atoms with Gasteiger partial charge in [-0.1, -0.05) is 24.4 Å². The van der Waals surface area contributed by atoms with E-state index in [0.717, 1.165) is 12.8 Å². The average Bonchev–Trinajstić information content (AvgIpc) is 2.93. The molecule has 1 fully saturated rings. The molecule has 2 rings (SSSR count). The normalized spacial score (nSPS) is 15.0. The predicted molar refractivity (Wildman–Crippen MR) is 82.0 cm³/mol. The summed E-state index contributed by atoms with van der Waals surface area (Å²) < 4.78 is 0. The smallest absolute Gasteiger partial charge is 0.335 e. The molecule has 1 saturated carbocycles. The summed E-state index contributed by atoms with van der Waals surface area (Å²) in [4.78, 5) is 24.7. The molecule has 0 heterocycles. The zero-order chi connectivity index (χ0) is 15.4. The molecule has 5 nitrogen and oxygen atoms in total. The second kappa shape index (κ2) is 6.80. The SMILES string of the molecule is CN(CC1CCCC1)C(=O)Nc1cc(C(=O)O)ccc1Cl. The molecule has 0 spiro atoms. The number of aromatic carboxylic acids is 1. The van der Waals surface area contributed by atoms with Crippen LogP contribution in [-0.2, 0) is 0 Å². The summed E-state index contributed by atoms with van der Waals surface area (Å²) >= 11 is 5.99. The number of benzene rings is 1. The summed E-state index contributed by atoms with van der Waals surface area (Å²) in [6, 6.07) is 3.97. The van der Waals surface area contributed by atoms with Gasteiger partial charge >= 0.3 is 12.0 Å². The van der Waals surface area contributed by atoms with Gasteiger partial charge < -0.3 is 15.3 Å².